The van der Waals surface area contributed by atoms with Gasteiger partial charge in [0, 0.05) is 21.6 Å². The third-order valence-corrected chi connectivity index (χ3v) is 4.23. The van der Waals surface area contributed by atoms with E-state index in [4.69, 9.17) is 11.6 Å². The molecule has 0 spiro atoms. The molecule has 0 aliphatic heterocycles. The molecule has 1 N–H and O–H groups in total. The number of H-pyrrole nitrogens is 1. The van der Waals surface area contributed by atoms with Gasteiger partial charge in [0.05, 0.1) is 16.1 Å². The van der Waals surface area contributed by atoms with E-state index >= 15 is 0 Å². The molecule has 5 heteroatoms. The van der Waals surface area contributed by atoms with Crippen molar-refractivity contribution in [3.63, 3.8) is 0 Å². The average Bonchev–Trinajstić information content (AvgIpc) is 2.31. The van der Waals surface area contributed by atoms with E-state index in [2.05, 4.69) is 27.5 Å². The predicted octanol–water partition coefficient (Wildman–Crippen LogP) is 4.18. The summed E-state index contributed by atoms with van der Waals surface area (Å²) in [5.74, 6) is -0.279. The monoisotopic (exact) mass is 339 g/mol. The van der Waals surface area contributed by atoms with Gasteiger partial charge in [-0.1, -0.05) is 18.2 Å². The zero-order valence-electron chi connectivity index (χ0n) is 10.4. The third kappa shape index (κ3) is 2.26. The van der Waals surface area contributed by atoms with Crippen LogP contribution in [0.2, 0.25) is 5.02 Å². The molecule has 98 valence electrons. The van der Waals surface area contributed by atoms with Crippen LogP contribution in [-0.2, 0) is 0 Å². The minimum atomic E-state index is -0.321. The second kappa shape index (κ2) is 4.94. The van der Waals surface area contributed by atoms with Crippen LogP contribution in [0.4, 0.5) is 0 Å². The molecule has 1 aromatic carbocycles. The van der Waals surface area contributed by atoms with Gasteiger partial charge in [0.25, 0.3) is 0 Å². The van der Waals surface area contributed by atoms with Crippen LogP contribution in [0.25, 0.3) is 16.5 Å². The molecule has 3 nitrogen and oxygen atoms in total. The summed E-state index contributed by atoms with van der Waals surface area (Å²) in [6.45, 7) is 7.07. The van der Waals surface area contributed by atoms with E-state index in [1.165, 1.54) is 13.1 Å². The van der Waals surface area contributed by atoms with Gasteiger partial charge in [-0.15, -0.1) is 0 Å². The van der Waals surface area contributed by atoms with Crippen molar-refractivity contribution in [1.29, 1.82) is 0 Å². The fourth-order valence-corrected chi connectivity index (χ4v) is 2.83. The first-order chi connectivity index (χ1) is 8.84. The molecule has 19 heavy (non-hydrogen) atoms. The Bertz CT molecular complexity index is 777. The molecule has 0 saturated heterocycles. The molecule has 0 aliphatic rings. The van der Waals surface area contributed by atoms with Crippen LogP contribution < -0.4 is 5.43 Å². The van der Waals surface area contributed by atoms with Crippen LogP contribution in [0.3, 0.4) is 0 Å². The number of aromatic nitrogens is 1. The molecule has 1 aromatic heterocycles. The van der Waals surface area contributed by atoms with Gasteiger partial charge in [0.15, 0.2) is 11.2 Å². The Morgan fingerprint density at radius 2 is 2.05 bits per heavy atom. The largest absolute Gasteiger partial charge is 0.360 e. The highest BCUT2D eigenvalue weighted by atomic mass is 79.9. The number of aromatic amines is 1. The van der Waals surface area contributed by atoms with Gasteiger partial charge >= 0.3 is 0 Å². The fourth-order valence-electron chi connectivity index (χ4n) is 1.97. The lowest BCUT2D eigenvalue weighted by Crippen LogP contribution is -2.14. The number of halogens is 2. The number of benzene rings is 1. The number of hydrogen-bond donors (Lipinski definition) is 1. The van der Waals surface area contributed by atoms with Crippen molar-refractivity contribution in [3.8, 4) is 0 Å². The maximum absolute atomic E-state index is 12.3. The number of ketones is 1. The van der Waals surface area contributed by atoms with E-state index in [9.17, 15) is 9.59 Å². The first-order valence-electron chi connectivity index (χ1n) is 5.54. The van der Waals surface area contributed by atoms with E-state index < -0.39 is 0 Å². The number of hydrogen-bond acceptors (Lipinski definition) is 2. The number of fused-ring (bicyclic) bond motifs is 1. The summed E-state index contributed by atoms with van der Waals surface area (Å²) >= 11 is 9.51. The molecule has 0 amide bonds. The molecule has 0 bridgehead atoms. The Hall–Kier alpha value is -1.39. The summed E-state index contributed by atoms with van der Waals surface area (Å²) in [5, 5.41) is 0.801. The van der Waals surface area contributed by atoms with Gasteiger partial charge in [-0.25, -0.2) is 0 Å². The zero-order valence-corrected chi connectivity index (χ0v) is 12.8. The van der Waals surface area contributed by atoms with Crippen LogP contribution in [0.15, 0.2) is 28.1 Å². The smallest absolute Gasteiger partial charge is 0.200 e. The number of Topliss-reactive ketones (excluding diaryl/α,β-unsaturated/α-hetero) is 1. The highest BCUT2D eigenvalue weighted by molar-refractivity contribution is 9.10. The molecule has 0 fully saturated rings. The SMILES string of the molecule is C=C(C)c1c(Br)c(Cl)cc2c(=O)c(C(C)=O)c[nH]c12. The van der Waals surface area contributed by atoms with Crippen molar-refractivity contribution < 1.29 is 4.79 Å². The summed E-state index contributed by atoms with van der Waals surface area (Å²) in [7, 11) is 0. The second-order valence-electron chi connectivity index (χ2n) is 4.34. The van der Waals surface area contributed by atoms with Crippen LogP contribution in [0, 0.1) is 0 Å². The number of carbonyl (C=O) groups excluding carboxylic acids is 1. The quantitative estimate of drug-likeness (QED) is 0.834. The van der Waals surface area contributed by atoms with Gasteiger partial charge < -0.3 is 4.98 Å². The van der Waals surface area contributed by atoms with Gasteiger partial charge in [-0.05, 0) is 41.4 Å². The number of nitrogens with one attached hydrogen (secondary N) is 1. The molecule has 0 radical (unpaired) electrons. The van der Waals surface area contributed by atoms with Crippen LogP contribution in [0.5, 0.6) is 0 Å². The average molecular weight is 341 g/mol. The lowest BCUT2D eigenvalue weighted by molar-refractivity contribution is 0.101. The Balaban J connectivity index is 3.03. The number of pyridine rings is 1. The van der Waals surface area contributed by atoms with E-state index in [1.54, 1.807) is 6.07 Å². The van der Waals surface area contributed by atoms with Gasteiger partial charge in [0.1, 0.15) is 0 Å². The molecule has 0 saturated carbocycles. The Morgan fingerprint density at radius 3 is 2.58 bits per heavy atom. The molecule has 2 rings (SSSR count). The van der Waals surface area contributed by atoms with E-state index in [-0.39, 0.29) is 16.8 Å². The molecule has 0 aliphatic carbocycles. The summed E-state index contributed by atoms with van der Waals surface area (Å²) < 4.78 is 0.681. The normalized spacial score (nSPS) is 10.7. The summed E-state index contributed by atoms with van der Waals surface area (Å²) in [4.78, 5) is 26.7. The predicted molar refractivity (Wildman–Crippen MR) is 82.0 cm³/mol. The molecule has 2 aromatic rings. The number of carbonyl (C=O) groups is 1. The highest BCUT2D eigenvalue weighted by Crippen LogP contribution is 2.35. The Labute approximate surface area is 123 Å². The minimum absolute atomic E-state index is 0.124. The molecular formula is C14H11BrClNO2. The van der Waals surface area contributed by atoms with Crippen molar-refractivity contribution >= 4 is 49.8 Å². The van der Waals surface area contributed by atoms with Crippen molar-refractivity contribution in [2.75, 3.05) is 0 Å². The van der Waals surface area contributed by atoms with Crippen molar-refractivity contribution in [2.45, 2.75) is 13.8 Å². The molecule has 0 atom stereocenters. The zero-order chi connectivity index (χ0) is 14.3. The summed E-state index contributed by atoms with van der Waals surface area (Å²) in [5.41, 5.74) is 1.94. The second-order valence-corrected chi connectivity index (χ2v) is 5.54. The number of allylic oxidation sites excluding steroid dienone is 1. The fraction of sp³-hybridized carbons (Fsp3) is 0.143. The van der Waals surface area contributed by atoms with Crippen molar-refractivity contribution in [1.82, 2.24) is 4.98 Å². The first-order valence-corrected chi connectivity index (χ1v) is 6.72. The lowest BCUT2D eigenvalue weighted by Gasteiger charge is -2.11. The van der Waals surface area contributed by atoms with Gasteiger partial charge in [-0.3, -0.25) is 9.59 Å². The Morgan fingerprint density at radius 1 is 1.42 bits per heavy atom. The van der Waals surface area contributed by atoms with Crippen molar-refractivity contribution in [3.05, 3.63) is 49.7 Å². The maximum atomic E-state index is 12.3. The van der Waals surface area contributed by atoms with Gasteiger partial charge in [-0.2, -0.15) is 0 Å². The van der Waals surface area contributed by atoms with Crippen molar-refractivity contribution in [2.24, 2.45) is 0 Å². The first kappa shape index (κ1) is 14.0. The van der Waals surface area contributed by atoms with Gasteiger partial charge in [0.2, 0.25) is 0 Å². The topological polar surface area (TPSA) is 49.9 Å². The molecule has 0 unspecified atom stereocenters. The highest BCUT2D eigenvalue weighted by Gasteiger charge is 2.16. The minimum Gasteiger partial charge on any atom is -0.360 e. The van der Waals surface area contributed by atoms with E-state index in [1.807, 2.05) is 6.92 Å². The molecular weight excluding hydrogens is 330 g/mol. The Kier molecular flexibility index (Phi) is 3.65. The maximum Gasteiger partial charge on any atom is 0.200 e. The summed E-state index contributed by atoms with van der Waals surface area (Å²) in [6.07, 6.45) is 1.43. The summed E-state index contributed by atoms with van der Waals surface area (Å²) in [6, 6.07) is 1.55. The van der Waals surface area contributed by atoms with E-state index in [0.29, 0.717) is 20.4 Å². The third-order valence-electron chi connectivity index (χ3n) is 2.88. The lowest BCUT2D eigenvalue weighted by atomic mass is 10.0. The molecule has 1 heterocycles. The van der Waals surface area contributed by atoms with E-state index in [0.717, 1.165) is 11.1 Å². The number of rotatable bonds is 2. The van der Waals surface area contributed by atoms with Crippen LogP contribution in [-0.4, -0.2) is 10.8 Å². The standard InChI is InChI=1S/C14H11BrClNO2/c1-6(2)11-12(15)10(16)4-8-13(11)17-5-9(7(3)18)14(8)19/h4-5H,1H2,2-3H3,(H,17,19). The van der Waals surface area contributed by atoms with Crippen LogP contribution >= 0.6 is 27.5 Å². The van der Waals surface area contributed by atoms with Crippen LogP contribution in [0.1, 0.15) is 29.8 Å².